The number of aryl methyl sites for hydroxylation is 1. The van der Waals surface area contributed by atoms with E-state index in [1.54, 1.807) is 19.1 Å². The maximum Gasteiger partial charge on any atom is 0.251 e. The second kappa shape index (κ2) is 7.94. The van der Waals surface area contributed by atoms with Crippen LogP contribution in [0.5, 0.6) is 5.75 Å². The number of aromatic amines is 1. The van der Waals surface area contributed by atoms with Crippen molar-refractivity contribution in [2.75, 3.05) is 13.2 Å². The molecule has 1 aromatic heterocycles. The molecule has 2 N–H and O–H groups in total. The molecule has 0 aliphatic rings. The molecule has 0 radical (unpaired) electrons. The third kappa shape index (κ3) is 4.56. The third-order valence-electron chi connectivity index (χ3n) is 4.25. The lowest BCUT2D eigenvalue weighted by molar-refractivity contribution is 0.340. The van der Waals surface area contributed by atoms with Crippen LogP contribution < -0.4 is 15.0 Å². The number of hydrogen-bond acceptors (Lipinski definition) is 4. The first-order valence-electron chi connectivity index (χ1n) is 8.74. The van der Waals surface area contributed by atoms with Gasteiger partial charge in [0.15, 0.2) is 0 Å². The lowest BCUT2D eigenvalue weighted by atomic mass is 10.1. The summed E-state index contributed by atoms with van der Waals surface area (Å²) in [6.45, 7) is 4.45. The molecule has 0 spiro atoms. The number of fused-ring (bicyclic) bond motifs is 1. The Kier molecular flexibility index (Phi) is 5.62. The summed E-state index contributed by atoms with van der Waals surface area (Å²) in [6.07, 6.45) is 0.546. The summed E-state index contributed by atoms with van der Waals surface area (Å²) in [5, 5.41) is 0.930. The van der Waals surface area contributed by atoms with Gasteiger partial charge in [-0.05, 0) is 73.7 Å². The molecule has 0 bridgehead atoms. The van der Waals surface area contributed by atoms with Crippen molar-refractivity contribution in [3.63, 3.8) is 0 Å². The SMILES string of the molecule is CCOc1ccc(S(=O)(=O)NCCc2ccc3[nH]c(=O)c(C)cc3c2)cc1. The Bertz CT molecular complexity index is 1100. The molecular formula is C20H22N2O4S. The van der Waals surface area contributed by atoms with E-state index in [9.17, 15) is 13.2 Å². The molecule has 7 heteroatoms. The van der Waals surface area contributed by atoms with Gasteiger partial charge in [0.2, 0.25) is 10.0 Å². The van der Waals surface area contributed by atoms with E-state index >= 15 is 0 Å². The molecule has 3 rings (SSSR count). The zero-order chi connectivity index (χ0) is 19.4. The number of hydrogen-bond donors (Lipinski definition) is 2. The van der Waals surface area contributed by atoms with Crippen molar-refractivity contribution in [2.24, 2.45) is 0 Å². The molecule has 0 aliphatic carbocycles. The fourth-order valence-electron chi connectivity index (χ4n) is 2.82. The highest BCUT2D eigenvalue weighted by molar-refractivity contribution is 7.89. The highest BCUT2D eigenvalue weighted by Crippen LogP contribution is 2.17. The first kappa shape index (κ1) is 19.1. The van der Waals surface area contributed by atoms with E-state index in [1.807, 2.05) is 31.2 Å². The number of sulfonamides is 1. The van der Waals surface area contributed by atoms with Crippen LogP contribution in [0.1, 0.15) is 18.1 Å². The fourth-order valence-corrected chi connectivity index (χ4v) is 3.85. The van der Waals surface area contributed by atoms with Gasteiger partial charge in [-0.15, -0.1) is 0 Å². The summed E-state index contributed by atoms with van der Waals surface area (Å²) >= 11 is 0. The van der Waals surface area contributed by atoms with E-state index in [1.165, 1.54) is 12.1 Å². The van der Waals surface area contributed by atoms with E-state index in [2.05, 4.69) is 9.71 Å². The average Bonchev–Trinajstić information content (AvgIpc) is 2.63. The van der Waals surface area contributed by atoms with Crippen LogP contribution in [0.15, 0.2) is 58.2 Å². The summed E-state index contributed by atoms with van der Waals surface area (Å²) in [5.41, 5.74) is 2.31. The third-order valence-corrected chi connectivity index (χ3v) is 5.72. The predicted molar refractivity (Wildman–Crippen MR) is 106 cm³/mol. The van der Waals surface area contributed by atoms with Gasteiger partial charge in [0.1, 0.15) is 5.75 Å². The highest BCUT2D eigenvalue weighted by Gasteiger charge is 2.13. The van der Waals surface area contributed by atoms with Crippen LogP contribution >= 0.6 is 0 Å². The van der Waals surface area contributed by atoms with E-state index < -0.39 is 10.0 Å². The highest BCUT2D eigenvalue weighted by atomic mass is 32.2. The first-order chi connectivity index (χ1) is 12.9. The van der Waals surface area contributed by atoms with Gasteiger partial charge in [0, 0.05) is 17.6 Å². The van der Waals surface area contributed by atoms with Gasteiger partial charge in [-0.3, -0.25) is 4.79 Å². The van der Waals surface area contributed by atoms with Crippen LogP contribution in [0.25, 0.3) is 10.9 Å². The molecule has 2 aromatic carbocycles. The second-order valence-electron chi connectivity index (χ2n) is 6.26. The maximum absolute atomic E-state index is 12.4. The van der Waals surface area contributed by atoms with Gasteiger partial charge in [-0.1, -0.05) is 6.07 Å². The Morgan fingerprint density at radius 3 is 2.52 bits per heavy atom. The van der Waals surface area contributed by atoms with Crippen molar-refractivity contribution in [3.05, 3.63) is 70.0 Å². The molecule has 27 heavy (non-hydrogen) atoms. The summed E-state index contributed by atoms with van der Waals surface area (Å²) in [4.78, 5) is 14.7. The Balaban J connectivity index is 1.67. The van der Waals surface area contributed by atoms with Crippen molar-refractivity contribution in [1.82, 2.24) is 9.71 Å². The van der Waals surface area contributed by atoms with E-state index in [0.717, 1.165) is 16.5 Å². The Hall–Kier alpha value is -2.64. The van der Waals surface area contributed by atoms with Gasteiger partial charge >= 0.3 is 0 Å². The summed E-state index contributed by atoms with van der Waals surface area (Å²) < 4.78 is 32.7. The summed E-state index contributed by atoms with van der Waals surface area (Å²) in [6, 6.07) is 13.9. The zero-order valence-corrected chi connectivity index (χ0v) is 16.1. The van der Waals surface area contributed by atoms with Gasteiger partial charge in [-0.2, -0.15) is 0 Å². The molecule has 0 atom stereocenters. The molecule has 1 heterocycles. The van der Waals surface area contributed by atoms with Gasteiger partial charge in [0.25, 0.3) is 5.56 Å². The molecule has 0 amide bonds. The van der Waals surface area contributed by atoms with Gasteiger partial charge in [0.05, 0.1) is 11.5 Å². The molecule has 0 saturated heterocycles. The minimum Gasteiger partial charge on any atom is -0.494 e. The van der Waals surface area contributed by atoms with Gasteiger partial charge in [-0.25, -0.2) is 13.1 Å². The normalized spacial score (nSPS) is 11.6. The summed E-state index contributed by atoms with van der Waals surface area (Å²) in [5.74, 6) is 0.640. The van der Waals surface area contributed by atoms with E-state index in [-0.39, 0.29) is 17.0 Å². The number of rotatable bonds is 7. The van der Waals surface area contributed by atoms with Crippen molar-refractivity contribution < 1.29 is 13.2 Å². The smallest absolute Gasteiger partial charge is 0.251 e. The van der Waals surface area contributed by atoms with Crippen molar-refractivity contribution in [1.29, 1.82) is 0 Å². The lowest BCUT2D eigenvalue weighted by Crippen LogP contribution is -2.26. The predicted octanol–water partition coefficient (Wildman–Crippen LogP) is 2.76. The van der Waals surface area contributed by atoms with Crippen LogP contribution in [-0.4, -0.2) is 26.6 Å². The minimum atomic E-state index is -3.57. The zero-order valence-electron chi connectivity index (χ0n) is 15.3. The van der Waals surface area contributed by atoms with Crippen molar-refractivity contribution in [3.8, 4) is 5.75 Å². The first-order valence-corrected chi connectivity index (χ1v) is 10.2. The fraction of sp³-hybridized carbons (Fsp3) is 0.250. The number of pyridine rings is 1. The van der Waals surface area contributed by atoms with E-state index in [4.69, 9.17) is 4.74 Å². The maximum atomic E-state index is 12.4. The van der Waals surface area contributed by atoms with Gasteiger partial charge < -0.3 is 9.72 Å². The molecular weight excluding hydrogens is 364 g/mol. The molecule has 6 nitrogen and oxygen atoms in total. The molecule has 0 saturated carbocycles. The van der Waals surface area contributed by atoms with Crippen LogP contribution in [0, 0.1) is 6.92 Å². The average molecular weight is 386 g/mol. The largest absolute Gasteiger partial charge is 0.494 e. The van der Waals surface area contributed by atoms with Crippen LogP contribution in [0.3, 0.4) is 0 Å². The van der Waals surface area contributed by atoms with Crippen LogP contribution in [0.2, 0.25) is 0 Å². The minimum absolute atomic E-state index is 0.0987. The Labute approximate surface area is 158 Å². The summed E-state index contributed by atoms with van der Waals surface area (Å²) in [7, 11) is -3.57. The Morgan fingerprint density at radius 2 is 1.81 bits per heavy atom. The molecule has 0 unspecified atom stereocenters. The molecule has 142 valence electrons. The number of aromatic nitrogens is 1. The Morgan fingerprint density at radius 1 is 1.07 bits per heavy atom. The molecule has 3 aromatic rings. The molecule has 0 fully saturated rings. The number of benzene rings is 2. The van der Waals surface area contributed by atoms with Crippen LogP contribution in [-0.2, 0) is 16.4 Å². The lowest BCUT2D eigenvalue weighted by Gasteiger charge is -2.09. The van der Waals surface area contributed by atoms with Crippen molar-refractivity contribution >= 4 is 20.9 Å². The topological polar surface area (TPSA) is 88.3 Å². The second-order valence-corrected chi connectivity index (χ2v) is 8.02. The number of nitrogens with one attached hydrogen (secondary N) is 2. The number of ether oxygens (including phenoxy) is 1. The van der Waals surface area contributed by atoms with Crippen LogP contribution in [0.4, 0.5) is 0 Å². The number of H-pyrrole nitrogens is 1. The monoisotopic (exact) mass is 386 g/mol. The quantitative estimate of drug-likeness (QED) is 0.654. The van der Waals surface area contributed by atoms with E-state index in [0.29, 0.717) is 24.3 Å². The standard InChI is InChI=1S/C20H22N2O4S/c1-3-26-17-5-7-18(8-6-17)27(24,25)21-11-10-15-4-9-19-16(13-15)12-14(2)20(23)22-19/h4-9,12-13,21H,3,10-11H2,1-2H3,(H,22,23). The molecule has 0 aliphatic heterocycles. The van der Waals surface area contributed by atoms with Crippen molar-refractivity contribution in [2.45, 2.75) is 25.2 Å².